The molecule has 0 spiro atoms. The third kappa shape index (κ3) is 4.51. The maximum Gasteiger partial charge on any atom is 0.274 e. The molecule has 0 aliphatic heterocycles. The Hall–Kier alpha value is -3.84. The second-order valence-electron chi connectivity index (χ2n) is 6.77. The molecular formula is C23H16ClFN4O2. The highest BCUT2D eigenvalue weighted by Gasteiger charge is 2.16. The van der Waals surface area contributed by atoms with E-state index in [1.807, 2.05) is 0 Å². The van der Waals surface area contributed by atoms with E-state index in [-0.39, 0.29) is 17.1 Å². The van der Waals surface area contributed by atoms with Gasteiger partial charge in [-0.25, -0.2) is 4.39 Å². The molecule has 0 atom stereocenters. The van der Waals surface area contributed by atoms with Crippen LogP contribution in [0.1, 0.15) is 26.5 Å². The van der Waals surface area contributed by atoms with Gasteiger partial charge in [0.15, 0.2) is 0 Å². The number of rotatable bonds is 4. The number of hydrogen-bond donors (Lipinski definition) is 2. The molecule has 2 aromatic carbocycles. The summed E-state index contributed by atoms with van der Waals surface area (Å²) >= 11 is 6.04. The molecule has 0 saturated heterocycles. The number of hydrogen-bond acceptors (Lipinski definition) is 4. The van der Waals surface area contributed by atoms with Crippen molar-refractivity contribution >= 4 is 45.7 Å². The molecule has 4 rings (SSSR count). The van der Waals surface area contributed by atoms with Gasteiger partial charge in [-0.1, -0.05) is 17.7 Å². The number of nitrogens with zero attached hydrogens (tertiary/aromatic N) is 2. The molecule has 154 valence electrons. The minimum Gasteiger partial charge on any atom is -0.320 e. The molecule has 2 amide bonds. The topological polar surface area (TPSA) is 84.0 Å². The van der Waals surface area contributed by atoms with Crippen LogP contribution in [0.5, 0.6) is 0 Å². The zero-order chi connectivity index (χ0) is 22.0. The van der Waals surface area contributed by atoms with E-state index < -0.39 is 17.6 Å². The lowest BCUT2D eigenvalue weighted by atomic mass is 10.1. The molecular weight excluding hydrogens is 419 g/mol. The molecule has 6 nitrogen and oxygen atoms in total. The molecule has 0 fully saturated rings. The SMILES string of the molecule is Cc1nc2ccc(Cl)cc2cc1C(=O)Nc1cc(F)ccc1NC(=O)c1ccccn1. The van der Waals surface area contributed by atoms with E-state index in [1.54, 1.807) is 49.4 Å². The summed E-state index contributed by atoms with van der Waals surface area (Å²) < 4.78 is 13.9. The summed E-state index contributed by atoms with van der Waals surface area (Å²) in [5, 5.41) is 6.53. The van der Waals surface area contributed by atoms with Gasteiger partial charge in [0.25, 0.3) is 11.8 Å². The van der Waals surface area contributed by atoms with Gasteiger partial charge >= 0.3 is 0 Å². The first kappa shape index (κ1) is 20.4. The lowest BCUT2D eigenvalue weighted by Crippen LogP contribution is -2.18. The molecule has 2 aromatic heterocycles. The normalized spacial score (nSPS) is 10.7. The Morgan fingerprint density at radius 3 is 2.52 bits per heavy atom. The second kappa shape index (κ2) is 8.49. The number of aromatic nitrogens is 2. The highest BCUT2D eigenvalue weighted by atomic mass is 35.5. The lowest BCUT2D eigenvalue weighted by Gasteiger charge is -2.14. The molecule has 8 heteroatoms. The van der Waals surface area contributed by atoms with Crippen molar-refractivity contribution in [1.29, 1.82) is 0 Å². The number of anilines is 2. The van der Waals surface area contributed by atoms with Crippen LogP contribution in [0.4, 0.5) is 15.8 Å². The quantitative estimate of drug-likeness (QED) is 0.460. The van der Waals surface area contributed by atoms with E-state index in [1.165, 1.54) is 18.3 Å². The van der Waals surface area contributed by atoms with Crippen LogP contribution < -0.4 is 10.6 Å². The highest BCUT2D eigenvalue weighted by Crippen LogP contribution is 2.26. The summed E-state index contributed by atoms with van der Waals surface area (Å²) in [6.07, 6.45) is 1.49. The van der Waals surface area contributed by atoms with E-state index in [0.29, 0.717) is 27.2 Å². The van der Waals surface area contributed by atoms with Crippen molar-refractivity contribution in [3.05, 3.63) is 94.7 Å². The van der Waals surface area contributed by atoms with Gasteiger partial charge in [0.05, 0.1) is 28.1 Å². The van der Waals surface area contributed by atoms with Crippen LogP contribution in [-0.4, -0.2) is 21.8 Å². The summed E-state index contributed by atoms with van der Waals surface area (Å²) in [7, 11) is 0. The summed E-state index contributed by atoms with van der Waals surface area (Å²) in [6, 6.07) is 15.5. The maximum atomic E-state index is 13.9. The van der Waals surface area contributed by atoms with Crippen molar-refractivity contribution in [2.75, 3.05) is 10.6 Å². The van der Waals surface area contributed by atoms with Crippen LogP contribution >= 0.6 is 11.6 Å². The van der Waals surface area contributed by atoms with E-state index in [9.17, 15) is 14.0 Å². The third-order valence-electron chi connectivity index (χ3n) is 4.59. The Morgan fingerprint density at radius 1 is 0.935 bits per heavy atom. The van der Waals surface area contributed by atoms with Crippen molar-refractivity contribution in [1.82, 2.24) is 9.97 Å². The van der Waals surface area contributed by atoms with Crippen molar-refractivity contribution in [2.24, 2.45) is 0 Å². The minimum absolute atomic E-state index is 0.111. The molecule has 0 radical (unpaired) electrons. The fourth-order valence-electron chi connectivity index (χ4n) is 3.08. The number of amides is 2. The lowest BCUT2D eigenvalue weighted by molar-refractivity contribution is 0.101. The average Bonchev–Trinajstić information content (AvgIpc) is 2.76. The number of fused-ring (bicyclic) bond motifs is 1. The number of carbonyl (C=O) groups excluding carboxylic acids is 2. The average molecular weight is 435 g/mol. The Bertz CT molecular complexity index is 1310. The van der Waals surface area contributed by atoms with Gasteiger partial charge in [0, 0.05) is 16.6 Å². The van der Waals surface area contributed by atoms with Crippen LogP contribution in [0.15, 0.2) is 66.9 Å². The van der Waals surface area contributed by atoms with Crippen LogP contribution in [0.25, 0.3) is 10.9 Å². The smallest absolute Gasteiger partial charge is 0.274 e. The van der Waals surface area contributed by atoms with E-state index in [0.717, 1.165) is 6.07 Å². The molecule has 0 saturated carbocycles. The summed E-state index contributed by atoms with van der Waals surface area (Å²) in [4.78, 5) is 33.8. The van der Waals surface area contributed by atoms with Crippen molar-refractivity contribution in [3.8, 4) is 0 Å². The molecule has 31 heavy (non-hydrogen) atoms. The second-order valence-corrected chi connectivity index (χ2v) is 7.21. The van der Waals surface area contributed by atoms with Gasteiger partial charge < -0.3 is 10.6 Å². The number of pyridine rings is 2. The fourth-order valence-corrected chi connectivity index (χ4v) is 3.26. The Balaban J connectivity index is 1.64. The predicted molar refractivity (Wildman–Crippen MR) is 118 cm³/mol. The molecule has 2 heterocycles. The Kier molecular flexibility index (Phi) is 5.60. The van der Waals surface area contributed by atoms with Gasteiger partial charge in [-0.3, -0.25) is 19.6 Å². The van der Waals surface area contributed by atoms with E-state index >= 15 is 0 Å². The largest absolute Gasteiger partial charge is 0.320 e. The summed E-state index contributed by atoms with van der Waals surface area (Å²) in [5.74, 6) is -1.54. The highest BCUT2D eigenvalue weighted by molar-refractivity contribution is 6.31. The van der Waals surface area contributed by atoms with Crippen LogP contribution in [0.3, 0.4) is 0 Å². The first-order valence-electron chi connectivity index (χ1n) is 9.31. The van der Waals surface area contributed by atoms with Crippen molar-refractivity contribution < 1.29 is 14.0 Å². The van der Waals surface area contributed by atoms with Crippen molar-refractivity contribution in [3.63, 3.8) is 0 Å². The number of nitrogens with one attached hydrogen (secondary N) is 2. The molecule has 4 aromatic rings. The molecule has 0 bridgehead atoms. The zero-order valence-corrected chi connectivity index (χ0v) is 17.1. The van der Waals surface area contributed by atoms with E-state index in [2.05, 4.69) is 20.6 Å². The number of benzene rings is 2. The molecule has 0 aliphatic carbocycles. The van der Waals surface area contributed by atoms with Crippen LogP contribution in [0.2, 0.25) is 5.02 Å². The number of halogens is 2. The van der Waals surface area contributed by atoms with Gasteiger partial charge in [-0.2, -0.15) is 0 Å². The minimum atomic E-state index is -0.564. The van der Waals surface area contributed by atoms with Crippen molar-refractivity contribution in [2.45, 2.75) is 6.92 Å². The van der Waals surface area contributed by atoms with E-state index in [4.69, 9.17) is 11.6 Å². The Morgan fingerprint density at radius 2 is 1.74 bits per heavy atom. The first-order valence-corrected chi connectivity index (χ1v) is 9.69. The zero-order valence-electron chi connectivity index (χ0n) is 16.3. The Labute approximate surface area is 182 Å². The summed E-state index contributed by atoms with van der Waals surface area (Å²) in [6.45, 7) is 1.71. The standard InChI is InChI=1S/C23H16ClFN4O2/c1-13-17(11-14-10-15(24)5-7-18(14)27-13)22(30)29-21-12-16(25)6-8-19(21)28-23(31)20-4-2-3-9-26-20/h2-12H,1H3,(H,28,31)(H,29,30). The van der Waals surface area contributed by atoms with Gasteiger partial charge in [-0.05, 0) is 61.5 Å². The van der Waals surface area contributed by atoms with Gasteiger partial charge in [-0.15, -0.1) is 0 Å². The third-order valence-corrected chi connectivity index (χ3v) is 4.82. The van der Waals surface area contributed by atoms with Crippen LogP contribution in [-0.2, 0) is 0 Å². The van der Waals surface area contributed by atoms with Gasteiger partial charge in [0.1, 0.15) is 11.5 Å². The first-order chi connectivity index (χ1) is 14.9. The van der Waals surface area contributed by atoms with Crippen LogP contribution in [0, 0.1) is 12.7 Å². The number of carbonyl (C=O) groups is 2. The van der Waals surface area contributed by atoms with Gasteiger partial charge in [0.2, 0.25) is 0 Å². The number of aryl methyl sites for hydroxylation is 1. The molecule has 0 unspecified atom stereocenters. The summed E-state index contributed by atoms with van der Waals surface area (Å²) in [5.41, 5.74) is 2.05. The predicted octanol–water partition coefficient (Wildman–Crippen LogP) is 5.24. The fraction of sp³-hybridized carbons (Fsp3) is 0.0435. The molecule has 2 N–H and O–H groups in total. The molecule has 0 aliphatic rings. The maximum absolute atomic E-state index is 13.9. The monoisotopic (exact) mass is 434 g/mol.